The SMILES string of the molecule is CC(C)Oc1ncccc1CNC(=O)c1ccccc1OCCN(C)C. The molecule has 0 fully saturated rings. The van der Waals surface area contributed by atoms with Gasteiger partial charge in [-0.2, -0.15) is 0 Å². The fourth-order valence-corrected chi connectivity index (χ4v) is 2.28. The summed E-state index contributed by atoms with van der Waals surface area (Å²) in [6, 6.07) is 11.0. The van der Waals surface area contributed by atoms with E-state index in [0.717, 1.165) is 12.1 Å². The van der Waals surface area contributed by atoms with Gasteiger partial charge in [-0.15, -0.1) is 0 Å². The minimum atomic E-state index is -0.190. The molecule has 1 N–H and O–H groups in total. The molecule has 6 nitrogen and oxygen atoms in total. The number of nitrogens with one attached hydrogen (secondary N) is 1. The van der Waals surface area contributed by atoms with Crippen molar-refractivity contribution in [2.24, 2.45) is 0 Å². The highest BCUT2D eigenvalue weighted by Crippen LogP contribution is 2.19. The number of hydrogen-bond acceptors (Lipinski definition) is 5. The lowest BCUT2D eigenvalue weighted by atomic mass is 10.2. The van der Waals surface area contributed by atoms with Crippen LogP contribution in [-0.2, 0) is 6.54 Å². The number of likely N-dealkylation sites (N-methyl/N-ethyl adjacent to an activating group) is 1. The van der Waals surface area contributed by atoms with Crippen molar-refractivity contribution in [1.29, 1.82) is 0 Å². The van der Waals surface area contributed by atoms with Crippen molar-refractivity contribution in [3.8, 4) is 11.6 Å². The third-order valence-corrected chi connectivity index (χ3v) is 3.56. The molecule has 0 saturated carbocycles. The fourth-order valence-electron chi connectivity index (χ4n) is 2.28. The monoisotopic (exact) mass is 357 g/mol. The summed E-state index contributed by atoms with van der Waals surface area (Å²) in [6.07, 6.45) is 1.70. The molecule has 0 saturated heterocycles. The molecule has 0 aliphatic rings. The molecular weight excluding hydrogens is 330 g/mol. The molecular formula is C20H27N3O3. The Morgan fingerprint density at radius 3 is 2.69 bits per heavy atom. The summed E-state index contributed by atoms with van der Waals surface area (Å²) in [5, 5.41) is 2.92. The van der Waals surface area contributed by atoms with Crippen molar-refractivity contribution in [3.05, 3.63) is 53.7 Å². The Balaban J connectivity index is 2.02. The van der Waals surface area contributed by atoms with Crippen LogP contribution in [0, 0.1) is 0 Å². The number of hydrogen-bond donors (Lipinski definition) is 1. The largest absolute Gasteiger partial charge is 0.491 e. The highest BCUT2D eigenvalue weighted by Gasteiger charge is 2.14. The zero-order valence-corrected chi connectivity index (χ0v) is 15.9. The molecule has 0 radical (unpaired) electrons. The number of aromatic nitrogens is 1. The summed E-state index contributed by atoms with van der Waals surface area (Å²) in [5.74, 6) is 0.930. The second-order valence-electron chi connectivity index (χ2n) is 6.46. The highest BCUT2D eigenvalue weighted by atomic mass is 16.5. The summed E-state index contributed by atoms with van der Waals surface area (Å²) in [4.78, 5) is 18.9. The molecule has 0 bridgehead atoms. The first-order valence-corrected chi connectivity index (χ1v) is 8.72. The third kappa shape index (κ3) is 6.04. The Hall–Kier alpha value is -2.60. The van der Waals surface area contributed by atoms with Crippen LogP contribution < -0.4 is 14.8 Å². The van der Waals surface area contributed by atoms with Gasteiger partial charge in [0, 0.05) is 24.8 Å². The lowest BCUT2D eigenvalue weighted by Crippen LogP contribution is -2.25. The number of amides is 1. The van der Waals surface area contributed by atoms with Crippen LogP contribution in [0.1, 0.15) is 29.8 Å². The molecule has 1 amide bonds. The van der Waals surface area contributed by atoms with Crippen LogP contribution in [0.4, 0.5) is 0 Å². The average Bonchev–Trinajstić information content (AvgIpc) is 2.60. The van der Waals surface area contributed by atoms with Gasteiger partial charge < -0.3 is 19.7 Å². The van der Waals surface area contributed by atoms with Gasteiger partial charge in [0.05, 0.1) is 11.7 Å². The van der Waals surface area contributed by atoms with Crippen molar-refractivity contribution < 1.29 is 14.3 Å². The van der Waals surface area contributed by atoms with Crippen LogP contribution >= 0.6 is 0 Å². The van der Waals surface area contributed by atoms with Gasteiger partial charge in [0.25, 0.3) is 5.91 Å². The van der Waals surface area contributed by atoms with Gasteiger partial charge in [-0.05, 0) is 46.1 Å². The van der Waals surface area contributed by atoms with E-state index in [1.807, 2.05) is 63.2 Å². The van der Waals surface area contributed by atoms with Gasteiger partial charge in [-0.25, -0.2) is 4.98 Å². The molecule has 0 spiro atoms. The van der Waals surface area contributed by atoms with E-state index in [9.17, 15) is 4.79 Å². The van der Waals surface area contributed by atoms with Gasteiger partial charge in [-0.3, -0.25) is 4.79 Å². The average molecular weight is 357 g/mol. The van der Waals surface area contributed by atoms with Crippen LogP contribution in [-0.4, -0.2) is 49.1 Å². The van der Waals surface area contributed by atoms with Crippen LogP contribution in [0.15, 0.2) is 42.6 Å². The van der Waals surface area contributed by atoms with E-state index >= 15 is 0 Å². The molecule has 0 aliphatic carbocycles. The maximum atomic E-state index is 12.6. The Labute approximate surface area is 155 Å². The first kappa shape index (κ1) is 19.7. The fraction of sp³-hybridized carbons (Fsp3) is 0.400. The van der Waals surface area contributed by atoms with E-state index in [1.165, 1.54) is 0 Å². The van der Waals surface area contributed by atoms with Crippen LogP contribution in [0.3, 0.4) is 0 Å². The summed E-state index contributed by atoms with van der Waals surface area (Å²) in [7, 11) is 3.96. The summed E-state index contributed by atoms with van der Waals surface area (Å²) in [6.45, 7) is 5.52. The van der Waals surface area contributed by atoms with E-state index in [-0.39, 0.29) is 12.0 Å². The normalized spacial score (nSPS) is 10.8. The van der Waals surface area contributed by atoms with E-state index in [2.05, 4.69) is 10.3 Å². The van der Waals surface area contributed by atoms with Crippen molar-refractivity contribution in [3.63, 3.8) is 0 Å². The van der Waals surface area contributed by atoms with Crippen LogP contribution in [0.5, 0.6) is 11.6 Å². The van der Waals surface area contributed by atoms with Crippen molar-refractivity contribution in [1.82, 2.24) is 15.2 Å². The number of pyridine rings is 1. The second-order valence-corrected chi connectivity index (χ2v) is 6.46. The Kier molecular flexibility index (Phi) is 7.41. The van der Waals surface area contributed by atoms with E-state index < -0.39 is 0 Å². The van der Waals surface area contributed by atoms with Crippen LogP contribution in [0.25, 0.3) is 0 Å². The van der Waals surface area contributed by atoms with Gasteiger partial charge >= 0.3 is 0 Å². The number of para-hydroxylation sites is 1. The zero-order valence-electron chi connectivity index (χ0n) is 15.9. The zero-order chi connectivity index (χ0) is 18.9. The Morgan fingerprint density at radius 2 is 1.96 bits per heavy atom. The third-order valence-electron chi connectivity index (χ3n) is 3.56. The number of benzene rings is 1. The van der Waals surface area contributed by atoms with Gasteiger partial charge in [0.15, 0.2) is 0 Å². The smallest absolute Gasteiger partial charge is 0.255 e. The number of nitrogens with zero attached hydrogens (tertiary/aromatic N) is 2. The van der Waals surface area contributed by atoms with Crippen molar-refractivity contribution in [2.75, 3.05) is 27.2 Å². The lowest BCUT2D eigenvalue weighted by Gasteiger charge is -2.15. The number of carbonyl (C=O) groups is 1. The summed E-state index contributed by atoms with van der Waals surface area (Å²) >= 11 is 0. The van der Waals surface area contributed by atoms with Crippen molar-refractivity contribution >= 4 is 5.91 Å². The highest BCUT2D eigenvalue weighted by molar-refractivity contribution is 5.96. The number of carbonyl (C=O) groups excluding carboxylic acids is 1. The van der Waals surface area contributed by atoms with Crippen LogP contribution in [0.2, 0.25) is 0 Å². The Bertz CT molecular complexity index is 717. The maximum Gasteiger partial charge on any atom is 0.255 e. The predicted molar refractivity (Wildman–Crippen MR) is 102 cm³/mol. The van der Waals surface area contributed by atoms with E-state index in [4.69, 9.17) is 9.47 Å². The van der Waals surface area contributed by atoms with E-state index in [0.29, 0.717) is 30.3 Å². The molecule has 26 heavy (non-hydrogen) atoms. The van der Waals surface area contributed by atoms with Gasteiger partial charge in [-0.1, -0.05) is 18.2 Å². The van der Waals surface area contributed by atoms with Gasteiger partial charge in [0.2, 0.25) is 5.88 Å². The molecule has 0 atom stereocenters. The standard InChI is InChI=1S/C20H27N3O3/c1-15(2)26-20-16(8-7-11-21-20)14-22-19(24)17-9-5-6-10-18(17)25-13-12-23(3)4/h5-11,15H,12-14H2,1-4H3,(H,22,24). The maximum absolute atomic E-state index is 12.6. The first-order valence-electron chi connectivity index (χ1n) is 8.72. The molecule has 2 rings (SSSR count). The van der Waals surface area contributed by atoms with Crippen molar-refractivity contribution in [2.45, 2.75) is 26.5 Å². The minimum absolute atomic E-state index is 0.0187. The molecule has 140 valence electrons. The quantitative estimate of drug-likeness (QED) is 0.748. The second kappa shape index (κ2) is 9.77. The molecule has 1 heterocycles. The predicted octanol–water partition coefficient (Wildman–Crippen LogP) is 2.74. The van der Waals surface area contributed by atoms with Gasteiger partial charge in [0.1, 0.15) is 12.4 Å². The topological polar surface area (TPSA) is 63.7 Å². The molecule has 0 aliphatic heterocycles. The number of rotatable bonds is 9. The minimum Gasteiger partial charge on any atom is -0.491 e. The molecule has 6 heteroatoms. The molecule has 1 aromatic carbocycles. The molecule has 1 aromatic heterocycles. The lowest BCUT2D eigenvalue weighted by molar-refractivity contribution is 0.0946. The first-order chi connectivity index (χ1) is 12.5. The Morgan fingerprint density at radius 1 is 1.19 bits per heavy atom. The molecule has 0 unspecified atom stereocenters. The van der Waals surface area contributed by atoms with E-state index in [1.54, 1.807) is 12.3 Å². The number of ether oxygens (including phenoxy) is 2. The molecule has 2 aromatic rings. The summed E-state index contributed by atoms with van der Waals surface area (Å²) in [5.41, 5.74) is 1.35. The summed E-state index contributed by atoms with van der Waals surface area (Å²) < 4.78 is 11.4.